The number of nitrogens with one attached hydrogen (secondary N) is 1. The molecule has 10 nitrogen and oxygen atoms in total. The number of hydrogen-bond donors (Lipinski definition) is 1. The van der Waals surface area contributed by atoms with Crippen LogP contribution in [-0.2, 0) is 0 Å². The smallest absolute Gasteiger partial charge is 0.291 e. The predicted octanol–water partition coefficient (Wildman–Crippen LogP) is 1.09. The van der Waals surface area contributed by atoms with Crippen molar-refractivity contribution < 1.29 is 9.32 Å². The highest BCUT2D eigenvalue weighted by atomic mass is 16.5. The summed E-state index contributed by atoms with van der Waals surface area (Å²) in [6.45, 7) is 2.63. The van der Waals surface area contributed by atoms with E-state index >= 15 is 0 Å². The summed E-state index contributed by atoms with van der Waals surface area (Å²) in [6, 6.07) is 3.89. The van der Waals surface area contributed by atoms with Gasteiger partial charge in [0.25, 0.3) is 11.8 Å². The lowest BCUT2D eigenvalue weighted by atomic mass is 10.2. The molecule has 1 saturated heterocycles. The Hall–Kier alpha value is -3.30. The molecule has 5 rings (SSSR count). The zero-order valence-electron chi connectivity index (χ0n) is 14.6. The standard InChI is InChI=1S/C17H18N8O2/c26-17(15-19-10-20-22-15)25-7-5-24(6-8-25)13-4-3-12(9-18-13)16-21-14(23-27-16)11-1-2-11/h3-4,9-11H,1-2,5-8H2,(H,19,20,22). The SMILES string of the molecule is O=C(c1ncn[nH]1)N1CCN(c2ccc(-c3nc(C4CC4)no3)cn2)CC1. The molecule has 1 N–H and O–H groups in total. The summed E-state index contributed by atoms with van der Waals surface area (Å²) in [7, 11) is 0. The lowest BCUT2D eigenvalue weighted by Gasteiger charge is -2.34. The first-order valence-corrected chi connectivity index (χ1v) is 8.97. The Morgan fingerprint density at radius 2 is 2.00 bits per heavy atom. The minimum Gasteiger partial charge on any atom is -0.353 e. The van der Waals surface area contributed by atoms with E-state index in [-0.39, 0.29) is 11.7 Å². The van der Waals surface area contributed by atoms with Crippen molar-refractivity contribution in [2.24, 2.45) is 0 Å². The van der Waals surface area contributed by atoms with Gasteiger partial charge >= 0.3 is 0 Å². The summed E-state index contributed by atoms with van der Waals surface area (Å²) in [6.07, 6.45) is 5.37. The minimum absolute atomic E-state index is 0.127. The number of aromatic amines is 1. The molecule has 138 valence electrons. The van der Waals surface area contributed by atoms with Crippen LogP contribution in [0, 0.1) is 0 Å². The minimum atomic E-state index is -0.127. The number of amides is 1. The predicted molar refractivity (Wildman–Crippen MR) is 94.0 cm³/mol. The zero-order valence-corrected chi connectivity index (χ0v) is 14.6. The van der Waals surface area contributed by atoms with Crippen LogP contribution in [0.4, 0.5) is 5.82 Å². The van der Waals surface area contributed by atoms with Crippen LogP contribution in [0.15, 0.2) is 29.2 Å². The zero-order chi connectivity index (χ0) is 18.2. The van der Waals surface area contributed by atoms with Gasteiger partial charge in [-0.1, -0.05) is 5.16 Å². The van der Waals surface area contributed by atoms with Gasteiger partial charge < -0.3 is 14.3 Å². The topological polar surface area (TPSA) is 117 Å². The third-order valence-electron chi connectivity index (χ3n) is 4.89. The molecule has 3 aromatic heterocycles. The number of nitrogens with zero attached hydrogens (tertiary/aromatic N) is 7. The first-order valence-electron chi connectivity index (χ1n) is 8.97. The third kappa shape index (κ3) is 3.14. The van der Waals surface area contributed by atoms with Crippen molar-refractivity contribution >= 4 is 11.7 Å². The average Bonchev–Trinajstić information content (AvgIpc) is 3.22. The quantitative estimate of drug-likeness (QED) is 0.729. The van der Waals surface area contributed by atoms with E-state index in [1.165, 1.54) is 6.33 Å². The molecule has 0 spiro atoms. The van der Waals surface area contributed by atoms with Gasteiger partial charge in [-0.3, -0.25) is 9.89 Å². The van der Waals surface area contributed by atoms with Crippen LogP contribution in [0.2, 0.25) is 0 Å². The van der Waals surface area contributed by atoms with Crippen molar-refractivity contribution in [2.45, 2.75) is 18.8 Å². The number of piperazine rings is 1. The van der Waals surface area contributed by atoms with E-state index in [0.29, 0.717) is 38.0 Å². The first-order chi connectivity index (χ1) is 13.3. The average molecular weight is 366 g/mol. The number of H-pyrrole nitrogens is 1. The Morgan fingerprint density at radius 1 is 1.15 bits per heavy atom. The highest BCUT2D eigenvalue weighted by molar-refractivity contribution is 5.90. The lowest BCUT2D eigenvalue weighted by Crippen LogP contribution is -2.49. The molecule has 10 heteroatoms. The molecule has 2 aliphatic rings. The summed E-state index contributed by atoms with van der Waals surface area (Å²) in [5.41, 5.74) is 0.817. The molecule has 27 heavy (non-hydrogen) atoms. The van der Waals surface area contributed by atoms with Gasteiger partial charge in [0.1, 0.15) is 12.1 Å². The van der Waals surface area contributed by atoms with Gasteiger partial charge in [0.2, 0.25) is 5.82 Å². The van der Waals surface area contributed by atoms with E-state index in [1.54, 1.807) is 11.1 Å². The fourth-order valence-corrected chi connectivity index (χ4v) is 3.16. The second kappa shape index (κ2) is 6.45. The van der Waals surface area contributed by atoms with Crippen molar-refractivity contribution in [2.75, 3.05) is 31.1 Å². The van der Waals surface area contributed by atoms with E-state index in [4.69, 9.17) is 4.52 Å². The summed E-state index contributed by atoms with van der Waals surface area (Å²) >= 11 is 0. The molecule has 0 unspecified atom stereocenters. The van der Waals surface area contributed by atoms with E-state index < -0.39 is 0 Å². The maximum atomic E-state index is 12.3. The van der Waals surface area contributed by atoms with Crippen LogP contribution in [0.3, 0.4) is 0 Å². The number of rotatable bonds is 4. The number of anilines is 1. The molecular weight excluding hydrogens is 348 g/mol. The molecule has 0 radical (unpaired) electrons. The van der Waals surface area contributed by atoms with Crippen LogP contribution >= 0.6 is 0 Å². The summed E-state index contributed by atoms with van der Waals surface area (Å²) in [5, 5.41) is 10.4. The molecule has 1 saturated carbocycles. The molecule has 0 aromatic carbocycles. The number of aromatic nitrogens is 6. The molecule has 1 aliphatic heterocycles. The van der Waals surface area contributed by atoms with Crippen LogP contribution in [0.5, 0.6) is 0 Å². The third-order valence-corrected chi connectivity index (χ3v) is 4.89. The first kappa shape index (κ1) is 15.9. The fourth-order valence-electron chi connectivity index (χ4n) is 3.16. The summed E-state index contributed by atoms with van der Waals surface area (Å²) in [5.74, 6) is 2.78. The Balaban J connectivity index is 1.22. The van der Waals surface area contributed by atoms with Crippen LogP contribution < -0.4 is 4.90 Å². The molecular formula is C17H18N8O2. The van der Waals surface area contributed by atoms with Gasteiger partial charge in [0.15, 0.2) is 5.82 Å². The van der Waals surface area contributed by atoms with E-state index in [1.807, 2.05) is 12.1 Å². The van der Waals surface area contributed by atoms with Gasteiger partial charge in [-0.15, -0.1) is 0 Å². The maximum absolute atomic E-state index is 12.3. The number of hydrogen-bond acceptors (Lipinski definition) is 8. The number of pyridine rings is 1. The van der Waals surface area contributed by atoms with Crippen LogP contribution in [-0.4, -0.2) is 67.3 Å². The highest BCUT2D eigenvalue weighted by Crippen LogP contribution is 2.38. The molecule has 3 aromatic rings. The molecule has 2 fully saturated rings. The summed E-state index contributed by atoms with van der Waals surface area (Å²) < 4.78 is 5.34. The van der Waals surface area contributed by atoms with Gasteiger partial charge in [-0.05, 0) is 25.0 Å². The van der Waals surface area contributed by atoms with Gasteiger partial charge in [0, 0.05) is 38.3 Å². The van der Waals surface area contributed by atoms with Crippen molar-refractivity contribution in [3.63, 3.8) is 0 Å². The Kier molecular flexibility index (Phi) is 3.80. The summed E-state index contributed by atoms with van der Waals surface area (Å²) in [4.78, 5) is 29.1. The molecule has 1 amide bonds. The molecule has 4 heterocycles. The second-order valence-corrected chi connectivity index (χ2v) is 6.75. The van der Waals surface area contributed by atoms with Crippen molar-refractivity contribution in [3.05, 3.63) is 36.3 Å². The van der Waals surface area contributed by atoms with E-state index in [9.17, 15) is 4.79 Å². The van der Waals surface area contributed by atoms with Crippen LogP contribution in [0.1, 0.15) is 35.2 Å². The molecule has 1 aliphatic carbocycles. The normalized spacial score (nSPS) is 17.3. The largest absolute Gasteiger partial charge is 0.353 e. The Bertz CT molecular complexity index is 924. The number of carbonyl (C=O) groups is 1. The Labute approximate surface area is 154 Å². The fraction of sp³-hybridized carbons (Fsp3) is 0.412. The van der Waals surface area contributed by atoms with E-state index in [0.717, 1.165) is 30.0 Å². The van der Waals surface area contributed by atoms with Crippen molar-refractivity contribution in [1.82, 2.24) is 35.2 Å². The number of carbonyl (C=O) groups excluding carboxylic acids is 1. The Morgan fingerprint density at radius 3 is 2.67 bits per heavy atom. The molecule has 0 bridgehead atoms. The van der Waals surface area contributed by atoms with Gasteiger partial charge in [-0.2, -0.15) is 10.1 Å². The second-order valence-electron chi connectivity index (χ2n) is 6.75. The molecule has 0 atom stereocenters. The monoisotopic (exact) mass is 366 g/mol. The van der Waals surface area contributed by atoms with Crippen molar-refractivity contribution in [1.29, 1.82) is 0 Å². The van der Waals surface area contributed by atoms with Gasteiger partial charge in [-0.25, -0.2) is 9.97 Å². The van der Waals surface area contributed by atoms with E-state index in [2.05, 4.69) is 35.2 Å². The highest BCUT2D eigenvalue weighted by Gasteiger charge is 2.29. The van der Waals surface area contributed by atoms with Crippen LogP contribution in [0.25, 0.3) is 11.5 Å². The maximum Gasteiger partial charge on any atom is 0.291 e. The van der Waals surface area contributed by atoms with Gasteiger partial charge in [0.05, 0.1) is 5.56 Å². The van der Waals surface area contributed by atoms with Crippen molar-refractivity contribution in [3.8, 4) is 11.5 Å². The lowest BCUT2D eigenvalue weighted by molar-refractivity contribution is 0.0734.